The maximum atomic E-state index is 12.1. The van der Waals surface area contributed by atoms with Crippen LogP contribution in [0.15, 0.2) is 22.6 Å². The SMILES string of the molecule is CCOC=O.Cc1nnc(-c2cc(OC(F)(F)F)ccc2Cl)o1. The summed E-state index contributed by atoms with van der Waals surface area (Å²) in [6.07, 6.45) is -4.77. The first-order valence-corrected chi connectivity index (χ1v) is 6.55. The Hall–Kier alpha value is -2.29. The summed E-state index contributed by atoms with van der Waals surface area (Å²) in [6, 6.07) is 3.45. The molecule has 0 bridgehead atoms. The number of rotatable bonds is 4. The number of ether oxygens (including phenoxy) is 2. The van der Waals surface area contributed by atoms with Crippen molar-refractivity contribution in [2.45, 2.75) is 20.2 Å². The average Bonchev–Trinajstić information content (AvgIpc) is 2.87. The monoisotopic (exact) mass is 352 g/mol. The highest BCUT2D eigenvalue weighted by Gasteiger charge is 2.31. The minimum atomic E-state index is -4.77. The van der Waals surface area contributed by atoms with Gasteiger partial charge in [0.25, 0.3) is 6.47 Å². The highest BCUT2D eigenvalue weighted by molar-refractivity contribution is 6.33. The molecule has 2 aromatic rings. The lowest BCUT2D eigenvalue weighted by Gasteiger charge is -2.09. The number of hydrogen-bond donors (Lipinski definition) is 0. The van der Waals surface area contributed by atoms with Crippen molar-refractivity contribution < 1.29 is 31.9 Å². The first-order valence-electron chi connectivity index (χ1n) is 6.17. The Morgan fingerprint density at radius 1 is 1.35 bits per heavy atom. The van der Waals surface area contributed by atoms with Crippen LogP contribution in [0.3, 0.4) is 0 Å². The lowest BCUT2D eigenvalue weighted by molar-refractivity contribution is -0.274. The van der Waals surface area contributed by atoms with Crippen molar-refractivity contribution in [3.05, 3.63) is 29.1 Å². The van der Waals surface area contributed by atoms with Crippen molar-refractivity contribution in [3.8, 4) is 17.2 Å². The second-order valence-corrected chi connectivity index (χ2v) is 4.27. The van der Waals surface area contributed by atoms with Gasteiger partial charge < -0.3 is 13.9 Å². The maximum Gasteiger partial charge on any atom is 0.573 e. The summed E-state index contributed by atoms with van der Waals surface area (Å²) in [5.74, 6) is -0.0916. The molecule has 0 unspecified atom stereocenters. The van der Waals surface area contributed by atoms with Crippen molar-refractivity contribution in [3.63, 3.8) is 0 Å². The third-order valence-electron chi connectivity index (χ3n) is 2.16. The van der Waals surface area contributed by atoms with Crippen LogP contribution < -0.4 is 4.74 Å². The zero-order valence-corrected chi connectivity index (χ0v) is 12.8. The molecular formula is C13H12ClF3N2O4. The van der Waals surface area contributed by atoms with Crippen LogP contribution in [0.5, 0.6) is 5.75 Å². The van der Waals surface area contributed by atoms with Gasteiger partial charge in [0, 0.05) is 6.92 Å². The van der Waals surface area contributed by atoms with Crippen LogP contribution >= 0.6 is 11.6 Å². The van der Waals surface area contributed by atoms with Gasteiger partial charge in [-0.15, -0.1) is 23.4 Å². The lowest BCUT2D eigenvalue weighted by Crippen LogP contribution is -2.17. The Morgan fingerprint density at radius 2 is 2.04 bits per heavy atom. The van der Waals surface area contributed by atoms with E-state index in [0.29, 0.717) is 13.1 Å². The Bertz CT molecular complexity index is 646. The van der Waals surface area contributed by atoms with Crippen LogP contribution in [0, 0.1) is 6.92 Å². The molecule has 0 radical (unpaired) electrons. The molecule has 2 rings (SSSR count). The van der Waals surface area contributed by atoms with E-state index >= 15 is 0 Å². The van der Waals surface area contributed by atoms with Crippen LogP contribution in [-0.2, 0) is 9.53 Å². The van der Waals surface area contributed by atoms with Crippen molar-refractivity contribution in [1.82, 2.24) is 10.2 Å². The van der Waals surface area contributed by atoms with Crippen LogP contribution in [-0.4, -0.2) is 29.6 Å². The molecule has 23 heavy (non-hydrogen) atoms. The highest BCUT2D eigenvalue weighted by Crippen LogP contribution is 2.32. The first kappa shape index (κ1) is 18.8. The van der Waals surface area contributed by atoms with Crippen LogP contribution in [0.4, 0.5) is 13.2 Å². The number of aromatic nitrogens is 2. The summed E-state index contributed by atoms with van der Waals surface area (Å²) in [5.41, 5.74) is 0.180. The molecule has 1 aromatic heterocycles. The third kappa shape index (κ3) is 6.55. The van der Waals surface area contributed by atoms with Crippen molar-refractivity contribution in [2.75, 3.05) is 6.61 Å². The molecule has 0 fully saturated rings. The normalized spacial score (nSPS) is 10.5. The molecule has 126 valence electrons. The van der Waals surface area contributed by atoms with E-state index in [2.05, 4.69) is 19.7 Å². The van der Waals surface area contributed by atoms with Crippen LogP contribution in [0.1, 0.15) is 12.8 Å². The largest absolute Gasteiger partial charge is 0.573 e. The zero-order chi connectivity index (χ0) is 17.5. The minimum absolute atomic E-state index is 0.0325. The lowest BCUT2D eigenvalue weighted by atomic mass is 10.2. The van der Waals surface area contributed by atoms with Gasteiger partial charge in [0.15, 0.2) is 0 Å². The van der Waals surface area contributed by atoms with E-state index in [0.717, 1.165) is 12.1 Å². The molecule has 0 aliphatic carbocycles. The summed E-state index contributed by atoms with van der Waals surface area (Å²) < 4.78 is 49.2. The molecule has 0 spiro atoms. The van der Waals surface area contributed by atoms with Crippen LogP contribution in [0.25, 0.3) is 11.5 Å². The Morgan fingerprint density at radius 3 is 2.48 bits per heavy atom. The predicted molar refractivity (Wildman–Crippen MR) is 73.9 cm³/mol. The summed E-state index contributed by atoms with van der Waals surface area (Å²) in [4.78, 5) is 9.18. The number of aryl methyl sites for hydroxylation is 1. The molecule has 0 N–H and O–H groups in total. The Labute approximate surface area is 134 Å². The number of carbonyl (C=O) groups is 1. The van der Waals surface area contributed by atoms with E-state index in [1.54, 1.807) is 13.8 Å². The van der Waals surface area contributed by atoms with E-state index in [1.807, 2.05) is 0 Å². The predicted octanol–water partition coefficient (Wildman–Crippen LogP) is 3.78. The van der Waals surface area contributed by atoms with Gasteiger partial charge in [-0.1, -0.05) is 11.6 Å². The van der Waals surface area contributed by atoms with E-state index < -0.39 is 12.1 Å². The van der Waals surface area contributed by atoms with Gasteiger partial charge in [-0.05, 0) is 25.1 Å². The van der Waals surface area contributed by atoms with Crippen molar-refractivity contribution >= 4 is 18.1 Å². The molecule has 6 nitrogen and oxygen atoms in total. The quantitative estimate of drug-likeness (QED) is 0.780. The fraction of sp³-hybridized carbons (Fsp3) is 0.308. The average molecular weight is 353 g/mol. The fourth-order valence-corrected chi connectivity index (χ4v) is 1.54. The minimum Gasteiger partial charge on any atom is -0.468 e. The van der Waals surface area contributed by atoms with Gasteiger partial charge in [0.05, 0.1) is 17.2 Å². The van der Waals surface area contributed by atoms with Gasteiger partial charge in [-0.2, -0.15) is 0 Å². The number of nitrogens with zero attached hydrogens (tertiary/aromatic N) is 2. The molecule has 1 heterocycles. The first-order chi connectivity index (χ1) is 10.8. The Kier molecular flexibility index (Phi) is 6.83. The Balaban J connectivity index is 0.000000463. The third-order valence-corrected chi connectivity index (χ3v) is 2.49. The van der Waals surface area contributed by atoms with E-state index in [1.165, 1.54) is 6.07 Å². The van der Waals surface area contributed by atoms with Gasteiger partial charge >= 0.3 is 6.36 Å². The summed E-state index contributed by atoms with van der Waals surface area (Å²) >= 11 is 5.85. The summed E-state index contributed by atoms with van der Waals surface area (Å²) in [7, 11) is 0. The number of carbonyl (C=O) groups excluding carboxylic acids is 1. The molecule has 0 saturated heterocycles. The van der Waals surface area contributed by atoms with Crippen LogP contribution in [0.2, 0.25) is 5.02 Å². The second kappa shape index (κ2) is 8.37. The van der Waals surface area contributed by atoms with Gasteiger partial charge in [-0.3, -0.25) is 4.79 Å². The van der Waals surface area contributed by atoms with Gasteiger partial charge in [-0.25, -0.2) is 0 Å². The van der Waals surface area contributed by atoms with E-state index in [9.17, 15) is 18.0 Å². The molecule has 0 amide bonds. The summed E-state index contributed by atoms with van der Waals surface area (Å²) in [5, 5.41) is 7.43. The second-order valence-electron chi connectivity index (χ2n) is 3.87. The topological polar surface area (TPSA) is 74.5 Å². The van der Waals surface area contributed by atoms with Gasteiger partial charge in [0.1, 0.15) is 5.75 Å². The molecule has 0 aliphatic rings. The fourth-order valence-electron chi connectivity index (χ4n) is 1.34. The zero-order valence-electron chi connectivity index (χ0n) is 12.1. The van der Waals surface area contributed by atoms with E-state index in [4.69, 9.17) is 16.0 Å². The molecule has 0 atom stereocenters. The smallest absolute Gasteiger partial charge is 0.468 e. The molecule has 1 aromatic carbocycles. The van der Waals surface area contributed by atoms with E-state index in [-0.39, 0.29) is 22.4 Å². The summed E-state index contributed by atoms with van der Waals surface area (Å²) in [6.45, 7) is 4.22. The van der Waals surface area contributed by atoms with Crippen molar-refractivity contribution in [2.24, 2.45) is 0 Å². The maximum absolute atomic E-state index is 12.1. The number of halogens is 4. The van der Waals surface area contributed by atoms with Gasteiger partial charge in [0.2, 0.25) is 11.8 Å². The molecule has 0 saturated carbocycles. The number of hydrogen-bond acceptors (Lipinski definition) is 6. The number of alkyl halides is 3. The standard InChI is InChI=1S/C10H6ClF3N2O2.C3H6O2/c1-5-15-16-9(17-5)7-4-6(2-3-8(7)11)18-10(12,13)14;1-2-5-3-4/h2-4H,1H3;3H,2H2,1H3. The highest BCUT2D eigenvalue weighted by atomic mass is 35.5. The molecular weight excluding hydrogens is 341 g/mol. The molecule has 10 heteroatoms. The number of benzene rings is 1. The molecule has 0 aliphatic heterocycles. The van der Waals surface area contributed by atoms with Crippen molar-refractivity contribution in [1.29, 1.82) is 0 Å².